The van der Waals surface area contributed by atoms with Gasteiger partial charge in [0, 0.05) is 25.0 Å². The maximum atomic E-state index is 4.58. The van der Waals surface area contributed by atoms with Crippen LogP contribution in [0.5, 0.6) is 0 Å². The Labute approximate surface area is 113 Å². The predicted molar refractivity (Wildman–Crippen MR) is 73.5 cm³/mol. The van der Waals surface area contributed by atoms with E-state index in [1.165, 1.54) is 0 Å². The fourth-order valence-electron chi connectivity index (χ4n) is 1.80. The third kappa shape index (κ3) is 1.97. The molecule has 0 atom stereocenters. The molecule has 4 nitrogen and oxygen atoms in total. The van der Waals surface area contributed by atoms with Crippen molar-refractivity contribution in [1.82, 2.24) is 19.6 Å². The van der Waals surface area contributed by atoms with Crippen molar-refractivity contribution in [1.29, 1.82) is 0 Å². The lowest BCUT2D eigenvalue weighted by Crippen LogP contribution is -1.93. The molecule has 2 heterocycles. The average Bonchev–Trinajstić information content (AvgIpc) is 2.97. The van der Waals surface area contributed by atoms with Gasteiger partial charge >= 0.3 is 0 Å². The van der Waals surface area contributed by atoms with E-state index >= 15 is 0 Å². The van der Waals surface area contributed by atoms with Gasteiger partial charge in [-0.2, -0.15) is 10.2 Å². The smallest absolute Gasteiger partial charge is 0.110 e. The van der Waals surface area contributed by atoms with Gasteiger partial charge < -0.3 is 0 Å². The summed E-state index contributed by atoms with van der Waals surface area (Å²) in [4.78, 5) is 0. The number of hydrogen-bond donors (Lipinski definition) is 0. The van der Waals surface area contributed by atoms with E-state index in [0.717, 1.165) is 21.4 Å². The zero-order chi connectivity index (χ0) is 12.5. The summed E-state index contributed by atoms with van der Waals surface area (Å²) in [5.74, 6) is 0. The van der Waals surface area contributed by atoms with Crippen molar-refractivity contribution in [3.05, 3.63) is 53.4 Å². The number of halogens is 1. The lowest BCUT2D eigenvalue weighted by molar-refractivity contribution is 0.768. The SMILES string of the molecule is Cn1cc(-c2nn(-c3ccccc3)cc2Br)cn1. The molecule has 0 bridgehead atoms. The predicted octanol–water partition coefficient (Wildman–Crippen LogP) is 3.04. The molecular weight excluding hydrogens is 292 g/mol. The summed E-state index contributed by atoms with van der Waals surface area (Å²) >= 11 is 3.54. The number of hydrogen-bond acceptors (Lipinski definition) is 2. The molecule has 0 spiro atoms. The Morgan fingerprint density at radius 1 is 1.11 bits per heavy atom. The largest absolute Gasteiger partial charge is 0.275 e. The van der Waals surface area contributed by atoms with E-state index in [2.05, 4.69) is 26.1 Å². The van der Waals surface area contributed by atoms with Crippen LogP contribution in [0.1, 0.15) is 0 Å². The molecular formula is C13H11BrN4. The van der Waals surface area contributed by atoms with Crippen molar-refractivity contribution in [3.8, 4) is 16.9 Å². The van der Waals surface area contributed by atoms with Gasteiger partial charge in [0.25, 0.3) is 0 Å². The normalized spacial score (nSPS) is 10.8. The molecule has 18 heavy (non-hydrogen) atoms. The topological polar surface area (TPSA) is 35.6 Å². The first-order valence-electron chi connectivity index (χ1n) is 5.53. The van der Waals surface area contributed by atoms with Gasteiger partial charge in [0.05, 0.1) is 16.4 Å². The Balaban J connectivity index is 2.06. The van der Waals surface area contributed by atoms with E-state index in [9.17, 15) is 0 Å². The summed E-state index contributed by atoms with van der Waals surface area (Å²) in [5.41, 5.74) is 2.93. The van der Waals surface area contributed by atoms with Gasteiger partial charge in [-0.1, -0.05) is 18.2 Å². The summed E-state index contributed by atoms with van der Waals surface area (Å²) in [5, 5.41) is 8.74. The number of rotatable bonds is 2. The first-order valence-corrected chi connectivity index (χ1v) is 6.33. The summed E-state index contributed by atoms with van der Waals surface area (Å²) in [6.45, 7) is 0. The van der Waals surface area contributed by atoms with E-state index in [1.54, 1.807) is 4.68 Å². The van der Waals surface area contributed by atoms with Crippen molar-refractivity contribution in [3.63, 3.8) is 0 Å². The molecule has 90 valence electrons. The molecule has 0 radical (unpaired) electrons. The maximum absolute atomic E-state index is 4.58. The van der Waals surface area contributed by atoms with Crippen molar-refractivity contribution in [2.24, 2.45) is 7.05 Å². The summed E-state index contributed by atoms with van der Waals surface area (Å²) in [6.07, 6.45) is 5.71. The third-order valence-corrected chi connectivity index (χ3v) is 3.25. The van der Waals surface area contributed by atoms with Crippen molar-refractivity contribution in [2.75, 3.05) is 0 Å². The molecule has 0 aliphatic carbocycles. The molecule has 0 unspecified atom stereocenters. The van der Waals surface area contributed by atoms with Crippen LogP contribution in [0.3, 0.4) is 0 Å². The molecule has 5 heteroatoms. The fraction of sp³-hybridized carbons (Fsp3) is 0.0769. The summed E-state index contributed by atoms with van der Waals surface area (Å²) in [6, 6.07) is 10.0. The number of aryl methyl sites for hydroxylation is 1. The Morgan fingerprint density at radius 2 is 1.89 bits per heavy atom. The molecule has 3 aromatic rings. The fourth-order valence-corrected chi connectivity index (χ4v) is 2.31. The minimum Gasteiger partial charge on any atom is -0.275 e. The number of benzene rings is 1. The highest BCUT2D eigenvalue weighted by Gasteiger charge is 2.11. The molecule has 0 amide bonds. The van der Waals surface area contributed by atoms with Crippen LogP contribution in [0.2, 0.25) is 0 Å². The van der Waals surface area contributed by atoms with E-state index in [-0.39, 0.29) is 0 Å². The molecule has 1 aromatic carbocycles. The van der Waals surface area contributed by atoms with Crippen LogP contribution in [-0.4, -0.2) is 19.6 Å². The first kappa shape index (κ1) is 11.2. The van der Waals surface area contributed by atoms with Gasteiger partial charge in [-0.25, -0.2) is 4.68 Å². The zero-order valence-corrected chi connectivity index (χ0v) is 11.4. The monoisotopic (exact) mass is 302 g/mol. The Hall–Kier alpha value is -1.88. The highest BCUT2D eigenvalue weighted by Crippen LogP contribution is 2.27. The van der Waals surface area contributed by atoms with Crippen LogP contribution >= 0.6 is 15.9 Å². The minimum absolute atomic E-state index is 0.895. The minimum atomic E-state index is 0.895. The van der Waals surface area contributed by atoms with Gasteiger partial charge in [0.2, 0.25) is 0 Å². The average molecular weight is 303 g/mol. The molecule has 0 saturated carbocycles. The second kappa shape index (κ2) is 4.42. The van der Waals surface area contributed by atoms with Crippen LogP contribution in [0.25, 0.3) is 16.9 Å². The van der Waals surface area contributed by atoms with Gasteiger partial charge in [0.15, 0.2) is 0 Å². The second-order valence-electron chi connectivity index (χ2n) is 4.01. The Bertz CT molecular complexity index is 669. The maximum Gasteiger partial charge on any atom is 0.110 e. The molecule has 0 fully saturated rings. The summed E-state index contributed by atoms with van der Waals surface area (Å²) in [7, 11) is 1.89. The van der Waals surface area contributed by atoms with Gasteiger partial charge in [-0.05, 0) is 28.1 Å². The Kier molecular flexibility index (Phi) is 2.76. The molecule has 0 N–H and O–H groups in total. The highest BCUT2D eigenvalue weighted by molar-refractivity contribution is 9.10. The van der Waals surface area contributed by atoms with Crippen LogP contribution < -0.4 is 0 Å². The number of para-hydroxylation sites is 1. The zero-order valence-electron chi connectivity index (χ0n) is 9.79. The van der Waals surface area contributed by atoms with Crippen molar-refractivity contribution in [2.45, 2.75) is 0 Å². The standard InChI is InChI=1S/C13H11BrN4/c1-17-8-10(7-15-17)13-12(14)9-18(16-13)11-5-3-2-4-6-11/h2-9H,1H3. The van der Waals surface area contributed by atoms with Crippen LogP contribution in [0, 0.1) is 0 Å². The number of aromatic nitrogens is 4. The molecule has 0 aliphatic rings. The van der Waals surface area contributed by atoms with Gasteiger partial charge in [-0.15, -0.1) is 0 Å². The Morgan fingerprint density at radius 3 is 2.56 bits per heavy atom. The van der Waals surface area contributed by atoms with Gasteiger partial charge in [-0.3, -0.25) is 4.68 Å². The van der Waals surface area contributed by atoms with Gasteiger partial charge in [0.1, 0.15) is 5.69 Å². The molecule has 3 rings (SSSR count). The second-order valence-corrected chi connectivity index (χ2v) is 4.86. The third-order valence-electron chi connectivity index (χ3n) is 2.67. The van der Waals surface area contributed by atoms with Crippen LogP contribution in [-0.2, 0) is 7.05 Å². The van der Waals surface area contributed by atoms with Crippen LogP contribution in [0.4, 0.5) is 0 Å². The number of nitrogens with zero attached hydrogens (tertiary/aromatic N) is 4. The first-order chi connectivity index (χ1) is 8.74. The molecule has 0 aliphatic heterocycles. The summed E-state index contributed by atoms with van der Waals surface area (Å²) < 4.78 is 4.58. The van der Waals surface area contributed by atoms with E-state index in [0.29, 0.717) is 0 Å². The van der Waals surface area contributed by atoms with Crippen LogP contribution in [0.15, 0.2) is 53.4 Å². The molecule has 0 saturated heterocycles. The lowest BCUT2D eigenvalue weighted by atomic mass is 10.3. The van der Waals surface area contributed by atoms with E-state index in [4.69, 9.17) is 0 Å². The van der Waals surface area contributed by atoms with E-state index < -0.39 is 0 Å². The highest BCUT2D eigenvalue weighted by atomic mass is 79.9. The quantitative estimate of drug-likeness (QED) is 0.729. The van der Waals surface area contributed by atoms with Crippen molar-refractivity contribution >= 4 is 15.9 Å². The lowest BCUT2D eigenvalue weighted by Gasteiger charge is -1.98. The van der Waals surface area contributed by atoms with E-state index in [1.807, 2.05) is 60.7 Å². The van der Waals surface area contributed by atoms with Crippen molar-refractivity contribution < 1.29 is 0 Å². The molecule has 2 aromatic heterocycles.